The molecule has 10 heteroatoms. The lowest BCUT2D eigenvalue weighted by atomic mass is 10.2. The molecule has 1 heterocycles. The van der Waals surface area contributed by atoms with E-state index >= 15 is 0 Å². The molecule has 0 spiro atoms. The van der Waals surface area contributed by atoms with Gasteiger partial charge in [0.05, 0.1) is 24.8 Å². The number of hydrogen-bond acceptors (Lipinski definition) is 5. The number of rotatable bonds is 6. The molecule has 2 amide bonds. The van der Waals surface area contributed by atoms with E-state index in [1.807, 2.05) is 0 Å². The van der Waals surface area contributed by atoms with E-state index in [0.717, 1.165) is 0 Å². The van der Waals surface area contributed by atoms with Crippen LogP contribution in [0.4, 0.5) is 23.0 Å². The summed E-state index contributed by atoms with van der Waals surface area (Å²) in [7, 11) is 0. The second-order valence-electron chi connectivity index (χ2n) is 4.46. The Balaban J connectivity index is 3.01. The van der Waals surface area contributed by atoms with Crippen LogP contribution in [0.1, 0.15) is 35.5 Å². The Morgan fingerprint density at radius 2 is 2.04 bits per heavy atom. The molecule has 0 saturated heterocycles. The van der Waals surface area contributed by atoms with Crippen LogP contribution in [0.25, 0.3) is 0 Å². The van der Waals surface area contributed by atoms with Crippen molar-refractivity contribution in [3.8, 4) is 0 Å². The summed E-state index contributed by atoms with van der Waals surface area (Å²) in [6, 6.07) is -0.711. The molecule has 1 aromatic heterocycles. The number of nitrogens with one attached hydrogen (secondary N) is 2. The van der Waals surface area contributed by atoms with Crippen LogP contribution in [-0.2, 0) is 10.9 Å². The van der Waals surface area contributed by atoms with Gasteiger partial charge in [-0.1, -0.05) is 6.92 Å². The minimum absolute atomic E-state index is 0.00983. The van der Waals surface area contributed by atoms with Crippen LogP contribution in [0.3, 0.4) is 0 Å². The number of thiophene rings is 1. The molecular formula is C13H17F3N2O4S. The number of aliphatic hydroxyl groups is 1. The van der Waals surface area contributed by atoms with Crippen LogP contribution in [-0.4, -0.2) is 36.4 Å². The standard InChI is InChI=1S/C13H17F3N2O4S/c1-3-7(6-19)17-12(21)18-10-8(11(20)22-4-2)5-9(23-10)13(14,15)16/h5,7,19H,3-4,6H2,1-2H3,(H2,17,18,21)/t7-/m1/s1. The lowest BCUT2D eigenvalue weighted by Crippen LogP contribution is -2.39. The largest absolute Gasteiger partial charge is 0.462 e. The number of ether oxygens (including phenoxy) is 1. The van der Waals surface area contributed by atoms with E-state index in [0.29, 0.717) is 12.5 Å². The summed E-state index contributed by atoms with van der Waals surface area (Å²) in [5.41, 5.74) is -0.364. The Morgan fingerprint density at radius 3 is 2.52 bits per heavy atom. The second-order valence-corrected chi connectivity index (χ2v) is 5.51. The molecule has 6 nitrogen and oxygen atoms in total. The number of esters is 1. The van der Waals surface area contributed by atoms with Gasteiger partial charge in [-0.05, 0) is 19.4 Å². The topological polar surface area (TPSA) is 87.7 Å². The average molecular weight is 354 g/mol. The number of amides is 2. The highest BCUT2D eigenvalue weighted by Gasteiger charge is 2.35. The SMILES string of the molecule is CCOC(=O)c1cc(C(F)(F)F)sc1NC(=O)N[C@H](CC)CO. The van der Waals surface area contributed by atoms with Gasteiger partial charge >= 0.3 is 18.2 Å². The highest BCUT2D eigenvalue weighted by Crippen LogP contribution is 2.39. The molecular weight excluding hydrogens is 337 g/mol. The third-order valence-corrected chi connectivity index (χ3v) is 3.88. The second kappa shape index (κ2) is 8.16. The maximum atomic E-state index is 12.8. The van der Waals surface area contributed by atoms with Gasteiger partial charge in [-0.2, -0.15) is 13.2 Å². The molecule has 23 heavy (non-hydrogen) atoms. The van der Waals surface area contributed by atoms with E-state index in [1.54, 1.807) is 6.92 Å². The molecule has 0 saturated carbocycles. The summed E-state index contributed by atoms with van der Waals surface area (Å²) < 4.78 is 43.0. The predicted octanol–water partition coefficient (Wildman–Crippen LogP) is 2.84. The molecule has 0 fully saturated rings. The van der Waals surface area contributed by atoms with Gasteiger partial charge in [0.15, 0.2) is 0 Å². The van der Waals surface area contributed by atoms with E-state index in [2.05, 4.69) is 15.4 Å². The number of urea groups is 1. The first-order valence-electron chi connectivity index (χ1n) is 6.79. The Labute approximate surface area is 134 Å². The van der Waals surface area contributed by atoms with Crippen LogP contribution in [0, 0.1) is 0 Å². The maximum Gasteiger partial charge on any atom is 0.425 e. The Kier molecular flexibility index (Phi) is 6.82. The zero-order chi connectivity index (χ0) is 17.6. The molecule has 0 aromatic carbocycles. The number of halogens is 3. The van der Waals surface area contributed by atoms with E-state index in [1.165, 1.54) is 6.92 Å². The van der Waals surface area contributed by atoms with Gasteiger partial charge in [-0.25, -0.2) is 9.59 Å². The normalized spacial score (nSPS) is 12.6. The van der Waals surface area contributed by atoms with Gasteiger partial charge < -0.3 is 15.2 Å². The van der Waals surface area contributed by atoms with Crippen molar-refractivity contribution in [1.29, 1.82) is 0 Å². The van der Waals surface area contributed by atoms with Gasteiger partial charge in [-0.15, -0.1) is 11.3 Å². The third-order valence-electron chi connectivity index (χ3n) is 2.78. The molecule has 0 aliphatic carbocycles. The molecule has 3 N–H and O–H groups in total. The van der Waals surface area contributed by atoms with Gasteiger partial charge in [0.2, 0.25) is 0 Å². The Bertz CT molecular complexity index is 556. The molecule has 130 valence electrons. The third kappa shape index (κ3) is 5.39. The molecule has 0 aliphatic rings. The highest BCUT2D eigenvalue weighted by molar-refractivity contribution is 7.16. The maximum absolute atomic E-state index is 12.8. The molecule has 1 aromatic rings. The number of alkyl halides is 3. The van der Waals surface area contributed by atoms with Crippen molar-refractivity contribution in [3.05, 3.63) is 16.5 Å². The van der Waals surface area contributed by atoms with Crippen molar-refractivity contribution in [3.63, 3.8) is 0 Å². The molecule has 0 bridgehead atoms. The fourth-order valence-corrected chi connectivity index (χ4v) is 2.49. The number of anilines is 1. The van der Waals surface area contributed by atoms with Crippen molar-refractivity contribution in [2.45, 2.75) is 32.5 Å². The minimum atomic E-state index is -4.64. The lowest BCUT2D eigenvalue weighted by molar-refractivity contribution is -0.134. The van der Waals surface area contributed by atoms with Crippen molar-refractivity contribution in [2.75, 3.05) is 18.5 Å². The first-order valence-corrected chi connectivity index (χ1v) is 7.61. The number of carbonyl (C=O) groups is 2. The summed E-state index contributed by atoms with van der Waals surface area (Å²) in [5, 5.41) is 13.3. The van der Waals surface area contributed by atoms with Crippen LogP contribution in [0.15, 0.2) is 6.07 Å². The van der Waals surface area contributed by atoms with Crippen molar-refractivity contribution in [2.24, 2.45) is 0 Å². The zero-order valence-corrected chi connectivity index (χ0v) is 13.3. The molecule has 0 unspecified atom stereocenters. The van der Waals surface area contributed by atoms with Crippen LogP contribution < -0.4 is 10.6 Å². The Morgan fingerprint density at radius 1 is 1.39 bits per heavy atom. The van der Waals surface area contributed by atoms with Gasteiger partial charge in [0.1, 0.15) is 9.88 Å². The van der Waals surface area contributed by atoms with E-state index < -0.39 is 29.1 Å². The fraction of sp³-hybridized carbons (Fsp3) is 0.538. The van der Waals surface area contributed by atoms with E-state index in [4.69, 9.17) is 5.11 Å². The summed E-state index contributed by atoms with van der Waals surface area (Å²) in [6.07, 6.45) is -4.20. The van der Waals surface area contributed by atoms with Crippen LogP contribution in [0.2, 0.25) is 0 Å². The average Bonchev–Trinajstić information content (AvgIpc) is 2.89. The number of hydrogen-bond donors (Lipinski definition) is 3. The van der Waals surface area contributed by atoms with Crippen molar-refractivity contribution in [1.82, 2.24) is 5.32 Å². The quantitative estimate of drug-likeness (QED) is 0.686. The van der Waals surface area contributed by atoms with Crippen LogP contribution >= 0.6 is 11.3 Å². The van der Waals surface area contributed by atoms with E-state index in [9.17, 15) is 22.8 Å². The van der Waals surface area contributed by atoms with Gasteiger partial charge in [-0.3, -0.25) is 5.32 Å². The van der Waals surface area contributed by atoms with Crippen molar-refractivity contribution < 1.29 is 32.6 Å². The van der Waals surface area contributed by atoms with Gasteiger partial charge in [0, 0.05) is 0 Å². The van der Waals surface area contributed by atoms with E-state index in [-0.39, 0.29) is 35.1 Å². The predicted molar refractivity (Wildman–Crippen MR) is 78.6 cm³/mol. The van der Waals surface area contributed by atoms with Gasteiger partial charge in [0.25, 0.3) is 0 Å². The summed E-state index contributed by atoms with van der Waals surface area (Å²) in [5.74, 6) is -0.955. The molecule has 1 rings (SSSR count). The van der Waals surface area contributed by atoms with Crippen molar-refractivity contribution >= 4 is 28.3 Å². The molecule has 1 atom stereocenters. The summed E-state index contributed by atoms with van der Waals surface area (Å²) >= 11 is 0.231. The first-order chi connectivity index (χ1) is 10.7. The van der Waals surface area contributed by atoms with Crippen LogP contribution in [0.5, 0.6) is 0 Å². The minimum Gasteiger partial charge on any atom is -0.462 e. The number of carbonyl (C=O) groups excluding carboxylic acids is 2. The highest BCUT2D eigenvalue weighted by atomic mass is 32.1. The smallest absolute Gasteiger partial charge is 0.425 e. The summed E-state index contributed by atoms with van der Waals surface area (Å²) in [4.78, 5) is 22.5. The number of aliphatic hydroxyl groups excluding tert-OH is 1. The monoisotopic (exact) mass is 354 g/mol. The zero-order valence-electron chi connectivity index (χ0n) is 12.5. The Hall–Kier alpha value is -1.81. The first kappa shape index (κ1) is 19.2. The summed E-state index contributed by atoms with van der Waals surface area (Å²) in [6.45, 7) is 2.91. The molecule has 0 radical (unpaired) electrons. The lowest BCUT2D eigenvalue weighted by Gasteiger charge is -2.14. The molecule has 0 aliphatic heterocycles. The fourth-order valence-electron chi connectivity index (χ4n) is 1.59.